The molecule has 0 amide bonds. The van der Waals surface area contributed by atoms with Gasteiger partial charge in [0.1, 0.15) is 5.60 Å². The maximum Gasteiger partial charge on any atom is 0.336 e. The predicted octanol–water partition coefficient (Wildman–Crippen LogP) is 4.67. The summed E-state index contributed by atoms with van der Waals surface area (Å²) in [6.45, 7) is 18.3. The van der Waals surface area contributed by atoms with Gasteiger partial charge in [-0.05, 0) is 43.4 Å². The van der Waals surface area contributed by atoms with E-state index in [2.05, 4.69) is 41.5 Å². The second-order valence-electron chi connectivity index (χ2n) is 8.43. The van der Waals surface area contributed by atoms with Gasteiger partial charge in [0.2, 0.25) is 0 Å². The van der Waals surface area contributed by atoms with Crippen molar-refractivity contribution in [3.8, 4) is 0 Å². The van der Waals surface area contributed by atoms with Gasteiger partial charge in [-0.1, -0.05) is 48.5 Å². The molecule has 2 atom stereocenters. The Hall–Kier alpha value is -0.610. The molecule has 0 aliphatic heterocycles. The van der Waals surface area contributed by atoms with Crippen LogP contribution in [-0.4, -0.2) is 22.8 Å². The Kier molecular flexibility index (Phi) is 6.89. The van der Waals surface area contributed by atoms with Crippen molar-refractivity contribution in [2.24, 2.45) is 16.7 Å². The highest BCUT2D eigenvalue weighted by atomic mass is 17.2. The van der Waals surface area contributed by atoms with Gasteiger partial charge in [-0.25, -0.2) is 14.6 Å². The lowest BCUT2D eigenvalue weighted by Crippen LogP contribution is -2.44. The van der Waals surface area contributed by atoms with Gasteiger partial charge in [-0.2, -0.15) is 0 Å². The lowest BCUT2D eigenvalue weighted by molar-refractivity contribution is -0.397. The first-order valence-corrected chi connectivity index (χ1v) is 7.81. The van der Waals surface area contributed by atoms with Crippen molar-refractivity contribution in [1.29, 1.82) is 0 Å². The molecule has 0 rings (SSSR count). The maximum atomic E-state index is 11.5. The van der Waals surface area contributed by atoms with Crippen molar-refractivity contribution in [2.75, 3.05) is 0 Å². The van der Waals surface area contributed by atoms with Crippen LogP contribution in [0, 0.1) is 16.7 Å². The quantitative estimate of drug-likeness (QED) is 0.522. The fourth-order valence-electron chi connectivity index (χ4n) is 2.16. The minimum atomic E-state index is -0.975. The van der Waals surface area contributed by atoms with Crippen LogP contribution in [0.2, 0.25) is 0 Å². The van der Waals surface area contributed by atoms with E-state index in [1.807, 2.05) is 20.8 Å². The van der Waals surface area contributed by atoms with Crippen LogP contribution in [0.25, 0.3) is 0 Å². The van der Waals surface area contributed by atoms with E-state index >= 15 is 0 Å². The van der Waals surface area contributed by atoms with Crippen LogP contribution in [-0.2, 0) is 14.6 Å². The van der Waals surface area contributed by atoms with Crippen molar-refractivity contribution >= 4 is 5.97 Å². The van der Waals surface area contributed by atoms with Crippen LogP contribution in [0.4, 0.5) is 0 Å². The molecule has 0 aliphatic rings. The number of rotatable bonds is 8. The topological polar surface area (TPSA) is 55.8 Å². The minimum absolute atomic E-state index is 0.0503. The first kappa shape index (κ1) is 20.4. The molecule has 0 bridgehead atoms. The van der Waals surface area contributed by atoms with E-state index < -0.39 is 17.7 Å². The molecule has 0 saturated carbocycles. The van der Waals surface area contributed by atoms with Crippen molar-refractivity contribution in [3.63, 3.8) is 0 Å². The number of hydrogen-bond acceptors (Lipinski definition) is 3. The fourth-order valence-corrected chi connectivity index (χ4v) is 2.16. The summed E-state index contributed by atoms with van der Waals surface area (Å²) in [7, 11) is 0. The first-order chi connectivity index (χ1) is 9.23. The predicted molar refractivity (Wildman–Crippen MR) is 85.0 cm³/mol. The van der Waals surface area contributed by atoms with Crippen molar-refractivity contribution < 1.29 is 19.7 Å². The van der Waals surface area contributed by atoms with E-state index in [1.54, 1.807) is 0 Å². The van der Waals surface area contributed by atoms with Gasteiger partial charge < -0.3 is 5.11 Å². The standard InChI is InChI=1S/C17H34O4/c1-10-16(6,7)17(8,9)21-20-13(14(18)19)12(2)11-15(3,4)5/h12-13H,10-11H2,1-9H3,(H,18,19). The third kappa shape index (κ3) is 6.35. The molecular weight excluding hydrogens is 268 g/mol. The zero-order valence-corrected chi connectivity index (χ0v) is 15.2. The van der Waals surface area contributed by atoms with Gasteiger partial charge >= 0.3 is 5.97 Å². The summed E-state index contributed by atoms with van der Waals surface area (Å²) in [5, 5.41) is 9.39. The summed E-state index contributed by atoms with van der Waals surface area (Å²) in [5.41, 5.74) is -0.616. The van der Waals surface area contributed by atoms with Crippen LogP contribution in [0.3, 0.4) is 0 Å². The number of aliphatic carboxylic acids is 1. The Balaban J connectivity index is 4.86. The fraction of sp³-hybridized carbons (Fsp3) is 0.941. The molecule has 1 N–H and O–H groups in total. The molecule has 4 heteroatoms. The van der Waals surface area contributed by atoms with Gasteiger partial charge in [0.15, 0.2) is 6.10 Å². The van der Waals surface area contributed by atoms with Gasteiger partial charge in [0, 0.05) is 0 Å². The summed E-state index contributed by atoms with van der Waals surface area (Å²) < 4.78 is 0. The van der Waals surface area contributed by atoms with E-state index in [4.69, 9.17) is 9.78 Å². The molecule has 0 saturated heterocycles. The first-order valence-electron chi connectivity index (χ1n) is 7.81. The van der Waals surface area contributed by atoms with Crippen LogP contribution >= 0.6 is 0 Å². The average Bonchev–Trinajstić information content (AvgIpc) is 2.25. The number of carbonyl (C=O) groups is 1. The molecule has 0 spiro atoms. The summed E-state index contributed by atoms with van der Waals surface area (Å²) >= 11 is 0. The number of carboxylic acids is 1. The third-order valence-electron chi connectivity index (χ3n) is 4.57. The number of carboxylic acid groups (broad SMARTS) is 1. The molecule has 0 fully saturated rings. The molecule has 4 nitrogen and oxygen atoms in total. The van der Waals surface area contributed by atoms with E-state index in [0.29, 0.717) is 0 Å². The summed E-state index contributed by atoms with van der Waals surface area (Å²) in [6, 6.07) is 0. The molecule has 21 heavy (non-hydrogen) atoms. The molecule has 0 aliphatic carbocycles. The highest BCUT2D eigenvalue weighted by molar-refractivity contribution is 5.72. The van der Waals surface area contributed by atoms with Crippen LogP contribution in [0.1, 0.15) is 75.2 Å². The van der Waals surface area contributed by atoms with Crippen LogP contribution < -0.4 is 0 Å². The average molecular weight is 302 g/mol. The summed E-state index contributed by atoms with van der Waals surface area (Å²) in [4.78, 5) is 22.4. The van der Waals surface area contributed by atoms with Crippen molar-refractivity contribution in [1.82, 2.24) is 0 Å². The second kappa shape index (κ2) is 7.10. The van der Waals surface area contributed by atoms with Crippen molar-refractivity contribution in [3.05, 3.63) is 0 Å². The Bertz CT molecular complexity index is 339. The smallest absolute Gasteiger partial charge is 0.336 e. The highest BCUT2D eigenvalue weighted by Crippen LogP contribution is 2.37. The molecule has 0 aromatic carbocycles. The zero-order chi connectivity index (χ0) is 17.1. The van der Waals surface area contributed by atoms with Gasteiger partial charge in [0.05, 0.1) is 0 Å². The van der Waals surface area contributed by atoms with Gasteiger partial charge in [-0.3, -0.25) is 0 Å². The monoisotopic (exact) mass is 302 g/mol. The third-order valence-corrected chi connectivity index (χ3v) is 4.57. The highest BCUT2D eigenvalue weighted by Gasteiger charge is 2.40. The molecule has 0 heterocycles. The van der Waals surface area contributed by atoms with Crippen molar-refractivity contribution in [2.45, 2.75) is 86.9 Å². The van der Waals surface area contributed by atoms with Gasteiger partial charge in [-0.15, -0.1) is 0 Å². The molecule has 0 aromatic rings. The second-order valence-corrected chi connectivity index (χ2v) is 8.43. The zero-order valence-electron chi connectivity index (χ0n) is 15.2. The number of hydrogen-bond donors (Lipinski definition) is 1. The van der Waals surface area contributed by atoms with E-state index in [9.17, 15) is 9.90 Å². The normalized spacial score (nSPS) is 16.6. The minimum Gasteiger partial charge on any atom is -0.479 e. The Morgan fingerprint density at radius 3 is 1.90 bits per heavy atom. The molecule has 2 unspecified atom stereocenters. The molecule has 0 radical (unpaired) electrons. The lowest BCUT2D eigenvalue weighted by Gasteiger charge is -2.40. The lowest BCUT2D eigenvalue weighted by atomic mass is 9.75. The summed E-state index contributed by atoms with van der Waals surface area (Å²) in [5.74, 6) is -1.10. The molecule has 0 aromatic heterocycles. The van der Waals surface area contributed by atoms with Gasteiger partial charge in [0.25, 0.3) is 0 Å². The van der Waals surface area contributed by atoms with E-state index in [-0.39, 0.29) is 16.7 Å². The molecule has 126 valence electrons. The van der Waals surface area contributed by atoms with E-state index in [0.717, 1.165) is 12.8 Å². The van der Waals surface area contributed by atoms with Crippen LogP contribution in [0.15, 0.2) is 0 Å². The Labute approximate surface area is 130 Å². The summed E-state index contributed by atoms with van der Waals surface area (Å²) in [6.07, 6.45) is 0.722. The van der Waals surface area contributed by atoms with Crippen LogP contribution in [0.5, 0.6) is 0 Å². The largest absolute Gasteiger partial charge is 0.479 e. The Morgan fingerprint density at radius 2 is 1.57 bits per heavy atom. The Morgan fingerprint density at radius 1 is 1.10 bits per heavy atom. The van der Waals surface area contributed by atoms with E-state index in [1.165, 1.54) is 0 Å². The molecular formula is C17H34O4. The maximum absolute atomic E-state index is 11.5. The SMILES string of the molecule is CCC(C)(C)C(C)(C)OOC(C(=O)O)C(C)CC(C)(C)C.